The molecule has 0 saturated heterocycles. The van der Waals surface area contributed by atoms with Gasteiger partial charge in [0.2, 0.25) is 5.91 Å². The zero-order valence-electron chi connectivity index (χ0n) is 24.2. The Balaban J connectivity index is 1.40. The summed E-state index contributed by atoms with van der Waals surface area (Å²) in [4.78, 5) is 34.9. The summed E-state index contributed by atoms with van der Waals surface area (Å²) >= 11 is 6.07. The molecule has 2 aromatic heterocycles. The fraction of sp³-hybridized carbons (Fsp3) is 0.312. The van der Waals surface area contributed by atoms with Crippen molar-refractivity contribution >= 4 is 34.3 Å². The van der Waals surface area contributed by atoms with Crippen LogP contribution in [0.25, 0.3) is 22.2 Å². The zero-order valence-corrected chi connectivity index (χ0v) is 24.9. The Kier molecular flexibility index (Phi) is 7.60. The number of pyridine rings is 2. The van der Waals surface area contributed by atoms with Gasteiger partial charge in [0, 0.05) is 28.3 Å². The molecule has 1 unspecified atom stereocenters. The first kappa shape index (κ1) is 30.6. The molecule has 6 rings (SSSR count). The summed E-state index contributed by atoms with van der Waals surface area (Å²) in [7, 11) is 0. The van der Waals surface area contributed by atoms with E-state index in [1.54, 1.807) is 26.0 Å². The van der Waals surface area contributed by atoms with E-state index < -0.39 is 35.3 Å². The average molecular weight is 641 g/mol. The Morgan fingerprint density at radius 1 is 1.24 bits per heavy atom. The fourth-order valence-corrected chi connectivity index (χ4v) is 5.79. The lowest BCUT2D eigenvalue weighted by Crippen LogP contribution is -2.44. The largest absolute Gasteiger partial charge is 0.489 e. The van der Waals surface area contributed by atoms with E-state index in [1.165, 1.54) is 36.5 Å². The number of benzene rings is 2. The van der Waals surface area contributed by atoms with Crippen LogP contribution in [0.2, 0.25) is 5.02 Å². The van der Waals surface area contributed by atoms with Gasteiger partial charge in [-0.3, -0.25) is 14.6 Å². The van der Waals surface area contributed by atoms with Crippen LogP contribution in [-0.2, 0) is 15.8 Å². The molecule has 1 aliphatic heterocycles. The highest BCUT2D eigenvalue weighted by Crippen LogP contribution is 2.50. The van der Waals surface area contributed by atoms with Crippen molar-refractivity contribution in [1.29, 1.82) is 0 Å². The first-order valence-electron chi connectivity index (χ1n) is 14.1. The summed E-state index contributed by atoms with van der Waals surface area (Å²) in [5, 5.41) is 15.1. The molecule has 3 heterocycles. The molecular formula is C32H28ClF3N4O5. The number of ether oxygens (including phenoxy) is 2. The van der Waals surface area contributed by atoms with Gasteiger partial charge in [-0.05, 0) is 80.6 Å². The number of halogens is 4. The molecule has 4 N–H and O–H groups in total. The van der Waals surface area contributed by atoms with Gasteiger partial charge in [0.15, 0.2) is 5.75 Å². The summed E-state index contributed by atoms with van der Waals surface area (Å²) in [6.45, 7) is -0.146. The number of amides is 2. The van der Waals surface area contributed by atoms with Crippen LogP contribution in [0.5, 0.6) is 11.5 Å². The van der Waals surface area contributed by atoms with Crippen molar-refractivity contribution in [1.82, 2.24) is 15.3 Å². The van der Waals surface area contributed by atoms with Gasteiger partial charge < -0.3 is 25.6 Å². The van der Waals surface area contributed by atoms with Gasteiger partial charge in [-0.2, -0.15) is 8.78 Å². The fourth-order valence-electron chi connectivity index (χ4n) is 5.61. The molecule has 13 heteroatoms. The molecule has 9 nitrogen and oxygen atoms in total. The molecule has 1 saturated carbocycles. The first-order valence-corrected chi connectivity index (χ1v) is 14.5. The van der Waals surface area contributed by atoms with Crippen LogP contribution in [-0.4, -0.2) is 46.7 Å². The maximum Gasteiger partial charge on any atom is 0.387 e. The molecule has 2 aliphatic rings. The molecular weight excluding hydrogens is 613 g/mol. The van der Waals surface area contributed by atoms with E-state index in [2.05, 4.69) is 15.0 Å². The number of nitrogens with zero attached hydrogens (tertiary/aromatic N) is 2. The van der Waals surface area contributed by atoms with Crippen LogP contribution in [0.4, 0.5) is 13.2 Å². The third kappa shape index (κ3) is 5.53. The van der Waals surface area contributed by atoms with Gasteiger partial charge in [0.1, 0.15) is 40.4 Å². The van der Waals surface area contributed by atoms with Gasteiger partial charge >= 0.3 is 6.61 Å². The molecule has 4 aromatic rings. The number of aliphatic hydroxyl groups is 1. The van der Waals surface area contributed by atoms with Crippen LogP contribution in [0.15, 0.2) is 48.7 Å². The van der Waals surface area contributed by atoms with E-state index in [4.69, 9.17) is 27.1 Å². The number of hydrogen-bond donors (Lipinski definition) is 3. The highest BCUT2D eigenvalue weighted by Gasteiger charge is 2.50. The number of fused-ring (bicyclic) bond motifs is 2. The minimum Gasteiger partial charge on any atom is -0.489 e. The SMILES string of the molecule is Cc1cnc2c(OC(F)F)cc(C(=O)NCC(O)(c3cc4c(c(-c5ccc(F)c(Cl)c5)n3)OC[C@]4(C)C(N)=O)C3CC3)cc2c1. The van der Waals surface area contributed by atoms with E-state index in [9.17, 15) is 27.9 Å². The van der Waals surface area contributed by atoms with Gasteiger partial charge in [-0.15, -0.1) is 0 Å². The lowest BCUT2D eigenvalue weighted by atomic mass is 9.81. The Morgan fingerprint density at radius 2 is 2.00 bits per heavy atom. The topological polar surface area (TPSA) is 137 Å². The normalized spacial score (nSPS) is 18.8. The molecule has 2 amide bonds. The van der Waals surface area contributed by atoms with E-state index in [-0.39, 0.29) is 58.1 Å². The Morgan fingerprint density at radius 3 is 2.67 bits per heavy atom. The van der Waals surface area contributed by atoms with Gasteiger partial charge in [0.05, 0.1) is 17.3 Å². The smallest absolute Gasteiger partial charge is 0.387 e. The molecule has 1 aliphatic carbocycles. The van der Waals surface area contributed by atoms with Crippen LogP contribution in [0.1, 0.15) is 46.9 Å². The molecule has 0 radical (unpaired) electrons. The number of hydrogen-bond acceptors (Lipinski definition) is 7. The Bertz CT molecular complexity index is 1870. The number of carbonyl (C=O) groups is 2. The number of alkyl halides is 2. The van der Waals surface area contributed by atoms with Crippen molar-refractivity contribution in [2.45, 2.75) is 44.3 Å². The summed E-state index contributed by atoms with van der Waals surface area (Å²) < 4.78 is 51.0. The molecule has 45 heavy (non-hydrogen) atoms. The Hall–Kier alpha value is -4.42. The standard InChI is InChI=1S/C32H28ClF3N4O5/c1-15-7-17-8-18(10-23(45-30(35)36)25(17)38-12-15)28(41)39-13-32(43,19-4-5-19)24-11-20-27(44-14-31(20,2)29(37)42)26(40-24)16-3-6-22(34)21(33)9-16/h3,6-12,19,30,43H,4-5,13-14H2,1-2H3,(H2,37,42)(H,39,41)/t31-,32?/m0/s1. The predicted octanol–water partition coefficient (Wildman–Crippen LogP) is 5.16. The van der Waals surface area contributed by atoms with Crippen molar-refractivity contribution in [3.05, 3.63) is 81.9 Å². The third-order valence-corrected chi connectivity index (χ3v) is 8.68. The monoisotopic (exact) mass is 640 g/mol. The summed E-state index contributed by atoms with van der Waals surface area (Å²) in [6, 6.07) is 9.88. The van der Waals surface area contributed by atoms with E-state index in [0.29, 0.717) is 29.4 Å². The van der Waals surface area contributed by atoms with Crippen molar-refractivity contribution in [2.24, 2.45) is 11.7 Å². The molecule has 234 valence electrons. The number of primary amides is 1. The minimum absolute atomic E-state index is 0.0157. The maximum atomic E-state index is 14.0. The van der Waals surface area contributed by atoms with Gasteiger partial charge in [-0.1, -0.05) is 11.6 Å². The number of aryl methyl sites for hydroxylation is 1. The number of aromatic nitrogens is 2. The Labute approximate surface area is 260 Å². The third-order valence-electron chi connectivity index (χ3n) is 8.39. The van der Waals surface area contributed by atoms with Crippen LogP contribution >= 0.6 is 11.6 Å². The highest BCUT2D eigenvalue weighted by atomic mass is 35.5. The minimum atomic E-state index is -3.14. The molecule has 0 spiro atoms. The van der Waals surface area contributed by atoms with Crippen molar-refractivity contribution in [3.8, 4) is 22.8 Å². The lowest BCUT2D eigenvalue weighted by molar-refractivity contribution is -0.123. The second kappa shape index (κ2) is 11.2. The summed E-state index contributed by atoms with van der Waals surface area (Å²) in [6.07, 6.45) is 2.75. The van der Waals surface area contributed by atoms with E-state index in [1.807, 2.05) is 0 Å². The average Bonchev–Trinajstić information content (AvgIpc) is 3.80. The number of rotatable bonds is 9. The van der Waals surface area contributed by atoms with Crippen LogP contribution < -0.4 is 20.5 Å². The quantitative estimate of drug-likeness (QED) is 0.230. The van der Waals surface area contributed by atoms with Crippen molar-refractivity contribution in [2.75, 3.05) is 13.2 Å². The number of nitrogens with two attached hydrogens (primary N) is 1. The lowest BCUT2D eigenvalue weighted by Gasteiger charge is -2.30. The van der Waals surface area contributed by atoms with Crippen molar-refractivity contribution < 1.29 is 37.3 Å². The molecule has 2 atom stereocenters. The maximum absolute atomic E-state index is 14.0. The van der Waals surface area contributed by atoms with Crippen LogP contribution in [0, 0.1) is 18.7 Å². The number of carbonyl (C=O) groups excluding carboxylic acids is 2. The molecule has 0 bridgehead atoms. The van der Waals surface area contributed by atoms with E-state index >= 15 is 0 Å². The van der Waals surface area contributed by atoms with E-state index in [0.717, 1.165) is 5.56 Å². The second-order valence-electron chi connectivity index (χ2n) is 11.7. The van der Waals surface area contributed by atoms with Gasteiger partial charge in [-0.25, -0.2) is 9.37 Å². The second-order valence-corrected chi connectivity index (χ2v) is 12.1. The molecule has 1 fully saturated rings. The number of nitrogens with one attached hydrogen (secondary N) is 1. The summed E-state index contributed by atoms with van der Waals surface area (Å²) in [5.41, 5.74) is 4.83. The summed E-state index contributed by atoms with van der Waals surface area (Å²) in [5.74, 6) is -2.29. The predicted molar refractivity (Wildman–Crippen MR) is 159 cm³/mol. The van der Waals surface area contributed by atoms with Crippen molar-refractivity contribution in [3.63, 3.8) is 0 Å². The zero-order chi connectivity index (χ0) is 32.3. The van der Waals surface area contributed by atoms with Crippen LogP contribution in [0.3, 0.4) is 0 Å². The van der Waals surface area contributed by atoms with Gasteiger partial charge in [0.25, 0.3) is 5.91 Å². The highest BCUT2D eigenvalue weighted by molar-refractivity contribution is 6.31. The molecule has 2 aromatic carbocycles. The first-order chi connectivity index (χ1) is 21.3.